The highest BCUT2D eigenvalue weighted by molar-refractivity contribution is 7.13. The molecule has 1 fully saturated rings. The molecule has 0 spiro atoms. The van der Waals surface area contributed by atoms with Crippen molar-refractivity contribution >= 4 is 34.6 Å². The Morgan fingerprint density at radius 3 is 2.64 bits per heavy atom. The van der Waals surface area contributed by atoms with Gasteiger partial charge in [0.25, 0.3) is 5.91 Å². The van der Waals surface area contributed by atoms with Crippen molar-refractivity contribution in [2.75, 3.05) is 13.1 Å². The first kappa shape index (κ1) is 15.2. The molecule has 0 unspecified atom stereocenters. The molecule has 0 radical (unpaired) electrons. The van der Waals surface area contributed by atoms with Gasteiger partial charge in [0.2, 0.25) is 0 Å². The van der Waals surface area contributed by atoms with Crippen LogP contribution in [-0.4, -0.2) is 40.0 Å². The van der Waals surface area contributed by atoms with Gasteiger partial charge in [-0.1, -0.05) is 0 Å². The predicted octanol–water partition coefficient (Wildman–Crippen LogP) is 3.23. The van der Waals surface area contributed by atoms with Gasteiger partial charge >= 0.3 is 5.97 Å². The minimum absolute atomic E-state index is 0.0845. The Labute approximate surface area is 136 Å². The lowest BCUT2D eigenvalue weighted by molar-refractivity contribution is 0.0696. The standard InChI is InChI=1S/C15H16N2O3S2/c1-9-12(15(19)20)22-13(16-9)10-2-5-17(6-3-10)14(18)11-4-7-21-8-11/h4,7-8,10H,2-3,5-6H2,1H3,(H,19,20). The molecule has 1 N–H and O–H groups in total. The molecule has 1 saturated heterocycles. The topological polar surface area (TPSA) is 70.5 Å². The van der Waals surface area contributed by atoms with Crippen LogP contribution >= 0.6 is 22.7 Å². The van der Waals surface area contributed by atoms with E-state index in [2.05, 4.69) is 4.98 Å². The highest BCUT2D eigenvalue weighted by atomic mass is 32.1. The maximum atomic E-state index is 12.3. The number of hydrogen-bond donors (Lipinski definition) is 1. The number of aromatic carboxylic acids is 1. The number of thiophene rings is 1. The van der Waals surface area contributed by atoms with E-state index in [0.29, 0.717) is 23.7 Å². The van der Waals surface area contributed by atoms with Gasteiger partial charge in [-0.15, -0.1) is 11.3 Å². The summed E-state index contributed by atoms with van der Waals surface area (Å²) >= 11 is 2.79. The van der Waals surface area contributed by atoms with Crippen LogP contribution in [0.2, 0.25) is 0 Å². The smallest absolute Gasteiger partial charge is 0.347 e. The van der Waals surface area contributed by atoms with Crippen molar-refractivity contribution in [2.45, 2.75) is 25.7 Å². The quantitative estimate of drug-likeness (QED) is 0.934. The third-order valence-electron chi connectivity index (χ3n) is 3.91. The van der Waals surface area contributed by atoms with E-state index in [1.165, 1.54) is 22.7 Å². The van der Waals surface area contributed by atoms with Crippen molar-refractivity contribution in [3.63, 3.8) is 0 Å². The van der Waals surface area contributed by atoms with Gasteiger partial charge in [-0.3, -0.25) is 4.79 Å². The predicted molar refractivity (Wildman–Crippen MR) is 86.0 cm³/mol. The number of piperidine rings is 1. The van der Waals surface area contributed by atoms with E-state index in [1.807, 2.05) is 21.7 Å². The number of amides is 1. The molecule has 1 aliphatic heterocycles. The second-order valence-electron chi connectivity index (χ2n) is 5.35. The number of rotatable bonds is 3. The van der Waals surface area contributed by atoms with E-state index in [9.17, 15) is 9.59 Å². The average Bonchev–Trinajstić information content (AvgIpc) is 3.16. The van der Waals surface area contributed by atoms with Crippen molar-refractivity contribution in [3.05, 3.63) is 38.0 Å². The van der Waals surface area contributed by atoms with Gasteiger partial charge in [0.15, 0.2) is 0 Å². The molecule has 7 heteroatoms. The lowest BCUT2D eigenvalue weighted by Gasteiger charge is -2.31. The number of aryl methyl sites for hydroxylation is 1. The molecule has 0 saturated carbocycles. The number of likely N-dealkylation sites (tertiary alicyclic amines) is 1. The Bertz CT molecular complexity index is 686. The first-order valence-electron chi connectivity index (χ1n) is 7.08. The highest BCUT2D eigenvalue weighted by Crippen LogP contribution is 2.33. The highest BCUT2D eigenvalue weighted by Gasteiger charge is 2.27. The molecular formula is C15H16N2O3S2. The van der Waals surface area contributed by atoms with Crippen LogP contribution in [0.15, 0.2) is 16.8 Å². The zero-order valence-corrected chi connectivity index (χ0v) is 13.7. The van der Waals surface area contributed by atoms with Crippen molar-refractivity contribution in [2.24, 2.45) is 0 Å². The number of carboxylic acid groups (broad SMARTS) is 1. The monoisotopic (exact) mass is 336 g/mol. The maximum absolute atomic E-state index is 12.3. The largest absolute Gasteiger partial charge is 0.477 e. The molecule has 3 rings (SSSR count). The second kappa shape index (κ2) is 6.18. The van der Waals surface area contributed by atoms with Gasteiger partial charge in [0.05, 0.1) is 16.3 Å². The lowest BCUT2D eigenvalue weighted by Crippen LogP contribution is -2.37. The van der Waals surface area contributed by atoms with Crippen LogP contribution < -0.4 is 0 Å². The van der Waals surface area contributed by atoms with Crippen LogP contribution in [0.1, 0.15) is 49.5 Å². The second-order valence-corrected chi connectivity index (χ2v) is 7.16. The maximum Gasteiger partial charge on any atom is 0.347 e. The molecule has 1 amide bonds. The summed E-state index contributed by atoms with van der Waals surface area (Å²) in [4.78, 5) is 30.0. The van der Waals surface area contributed by atoms with Crippen LogP contribution in [0, 0.1) is 6.92 Å². The zero-order valence-electron chi connectivity index (χ0n) is 12.1. The Morgan fingerprint density at radius 1 is 1.36 bits per heavy atom. The number of thiazole rings is 1. The molecule has 2 aromatic rings. The summed E-state index contributed by atoms with van der Waals surface area (Å²) in [6.45, 7) is 3.12. The molecular weight excluding hydrogens is 320 g/mol. The first-order chi connectivity index (χ1) is 10.6. The van der Waals surface area contributed by atoms with Gasteiger partial charge < -0.3 is 10.0 Å². The summed E-state index contributed by atoms with van der Waals surface area (Å²) in [5, 5.41) is 13.8. The molecule has 22 heavy (non-hydrogen) atoms. The van der Waals surface area contributed by atoms with Crippen molar-refractivity contribution < 1.29 is 14.7 Å². The zero-order chi connectivity index (χ0) is 15.7. The van der Waals surface area contributed by atoms with E-state index in [-0.39, 0.29) is 11.8 Å². The van der Waals surface area contributed by atoms with E-state index in [1.54, 1.807) is 6.92 Å². The van der Waals surface area contributed by atoms with Crippen LogP contribution in [-0.2, 0) is 0 Å². The van der Waals surface area contributed by atoms with Crippen molar-refractivity contribution in [3.8, 4) is 0 Å². The van der Waals surface area contributed by atoms with E-state index < -0.39 is 5.97 Å². The summed E-state index contributed by atoms with van der Waals surface area (Å²) < 4.78 is 0. The van der Waals surface area contributed by atoms with Gasteiger partial charge in [-0.25, -0.2) is 9.78 Å². The molecule has 0 aliphatic carbocycles. The number of carbonyl (C=O) groups is 2. The van der Waals surface area contributed by atoms with Crippen LogP contribution in [0.25, 0.3) is 0 Å². The van der Waals surface area contributed by atoms with E-state index in [0.717, 1.165) is 23.4 Å². The average molecular weight is 336 g/mol. The number of nitrogens with zero attached hydrogens (tertiary/aromatic N) is 2. The molecule has 0 atom stereocenters. The van der Waals surface area contributed by atoms with Crippen LogP contribution in [0.3, 0.4) is 0 Å². The Balaban J connectivity index is 1.65. The molecule has 3 heterocycles. The van der Waals surface area contributed by atoms with Gasteiger partial charge in [0, 0.05) is 24.4 Å². The number of carboxylic acids is 1. The minimum Gasteiger partial charge on any atom is -0.477 e. The molecule has 5 nitrogen and oxygen atoms in total. The summed E-state index contributed by atoms with van der Waals surface area (Å²) in [5.74, 6) is -0.573. The van der Waals surface area contributed by atoms with Crippen LogP contribution in [0.4, 0.5) is 0 Å². The van der Waals surface area contributed by atoms with E-state index >= 15 is 0 Å². The fraction of sp³-hybridized carbons (Fsp3) is 0.400. The summed E-state index contributed by atoms with van der Waals surface area (Å²) in [6.07, 6.45) is 1.67. The normalized spacial score (nSPS) is 16.0. The Morgan fingerprint density at radius 2 is 2.09 bits per heavy atom. The van der Waals surface area contributed by atoms with E-state index in [4.69, 9.17) is 5.11 Å². The third-order valence-corrected chi connectivity index (χ3v) is 5.90. The number of hydrogen-bond acceptors (Lipinski definition) is 5. The Hall–Kier alpha value is -1.73. The molecule has 0 aromatic carbocycles. The van der Waals surface area contributed by atoms with Gasteiger partial charge in [-0.2, -0.15) is 11.3 Å². The van der Waals surface area contributed by atoms with Gasteiger partial charge in [-0.05, 0) is 31.2 Å². The van der Waals surface area contributed by atoms with Crippen LogP contribution in [0.5, 0.6) is 0 Å². The molecule has 116 valence electrons. The van der Waals surface area contributed by atoms with Crippen molar-refractivity contribution in [1.82, 2.24) is 9.88 Å². The number of aromatic nitrogens is 1. The molecule has 1 aliphatic rings. The third kappa shape index (κ3) is 2.91. The summed E-state index contributed by atoms with van der Waals surface area (Å²) in [5.41, 5.74) is 1.34. The lowest BCUT2D eigenvalue weighted by atomic mass is 9.97. The summed E-state index contributed by atoms with van der Waals surface area (Å²) in [6, 6.07) is 1.85. The minimum atomic E-state index is -0.911. The Kier molecular flexibility index (Phi) is 4.26. The number of carbonyl (C=O) groups excluding carboxylic acids is 1. The first-order valence-corrected chi connectivity index (χ1v) is 8.84. The SMILES string of the molecule is Cc1nc(C2CCN(C(=O)c3ccsc3)CC2)sc1C(=O)O. The van der Waals surface area contributed by atoms with Crippen molar-refractivity contribution in [1.29, 1.82) is 0 Å². The fourth-order valence-corrected chi connectivity index (χ4v) is 4.39. The molecule has 0 bridgehead atoms. The summed E-state index contributed by atoms with van der Waals surface area (Å²) in [7, 11) is 0. The molecule has 2 aromatic heterocycles. The van der Waals surface area contributed by atoms with Gasteiger partial charge in [0.1, 0.15) is 4.88 Å². The fourth-order valence-electron chi connectivity index (χ4n) is 2.69.